The number of anilines is 1. The molecule has 1 amide bonds. The number of oxazole rings is 1. The predicted molar refractivity (Wildman–Crippen MR) is 67.0 cm³/mol. The van der Waals surface area contributed by atoms with Crippen LogP contribution in [-0.2, 0) is 0 Å². The van der Waals surface area contributed by atoms with E-state index in [1.165, 1.54) is 12.1 Å². The molecule has 0 saturated carbocycles. The van der Waals surface area contributed by atoms with Gasteiger partial charge in [0.25, 0.3) is 5.91 Å². The van der Waals surface area contributed by atoms with Crippen molar-refractivity contribution < 1.29 is 14.3 Å². The lowest BCUT2D eigenvalue weighted by Gasteiger charge is -2.04. The molecule has 94 valence electrons. The molecule has 0 bridgehead atoms. The molecule has 2 N–H and O–H groups in total. The van der Waals surface area contributed by atoms with Gasteiger partial charge in [-0.1, -0.05) is 11.6 Å². The first kappa shape index (κ1) is 12.4. The van der Waals surface area contributed by atoms with Crippen molar-refractivity contribution in [2.24, 2.45) is 0 Å². The minimum absolute atomic E-state index is 0.0973. The normalized spacial score (nSPS) is 10.4. The Bertz CT molecular complexity index is 607. The van der Waals surface area contributed by atoms with Crippen LogP contribution < -0.4 is 5.32 Å². The summed E-state index contributed by atoms with van der Waals surface area (Å²) in [4.78, 5) is 15.9. The van der Waals surface area contributed by atoms with Crippen LogP contribution in [0.3, 0.4) is 0 Å². The van der Waals surface area contributed by atoms with Crippen LogP contribution in [0.1, 0.15) is 22.1 Å². The van der Waals surface area contributed by atoms with E-state index in [1.807, 2.05) is 0 Å². The second kappa shape index (κ2) is 4.70. The van der Waals surface area contributed by atoms with E-state index in [1.54, 1.807) is 19.9 Å². The lowest BCUT2D eigenvalue weighted by molar-refractivity contribution is 0.0994. The van der Waals surface area contributed by atoms with Gasteiger partial charge in [0.1, 0.15) is 5.75 Å². The number of rotatable bonds is 2. The molecule has 5 nitrogen and oxygen atoms in total. The third kappa shape index (κ3) is 2.46. The number of hydrogen-bond acceptors (Lipinski definition) is 4. The average molecular weight is 267 g/mol. The Morgan fingerprint density at radius 1 is 1.44 bits per heavy atom. The van der Waals surface area contributed by atoms with Gasteiger partial charge in [0.05, 0.1) is 10.7 Å². The summed E-state index contributed by atoms with van der Waals surface area (Å²) in [6.45, 7) is 3.35. The van der Waals surface area contributed by atoms with Gasteiger partial charge in [-0.3, -0.25) is 4.79 Å². The van der Waals surface area contributed by atoms with Gasteiger partial charge in [-0.2, -0.15) is 0 Å². The highest BCUT2D eigenvalue weighted by Crippen LogP contribution is 2.26. The first-order valence-electron chi connectivity index (χ1n) is 5.21. The van der Waals surface area contributed by atoms with Crippen LogP contribution in [0.2, 0.25) is 5.02 Å². The zero-order chi connectivity index (χ0) is 13.3. The lowest BCUT2D eigenvalue weighted by atomic mass is 10.3. The highest BCUT2D eigenvalue weighted by molar-refractivity contribution is 6.32. The molecule has 0 aliphatic heterocycles. The number of carbonyl (C=O) groups is 1. The molecule has 18 heavy (non-hydrogen) atoms. The molecule has 0 unspecified atom stereocenters. The zero-order valence-electron chi connectivity index (χ0n) is 9.82. The van der Waals surface area contributed by atoms with Crippen molar-refractivity contribution in [1.82, 2.24) is 4.98 Å². The minimum atomic E-state index is -0.421. The van der Waals surface area contributed by atoms with Crippen molar-refractivity contribution in [2.45, 2.75) is 13.8 Å². The second-order valence-electron chi connectivity index (χ2n) is 3.77. The van der Waals surface area contributed by atoms with E-state index < -0.39 is 5.91 Å². The lowest BCUT2D eigenvalue weighted by Crippen LogP contribution is -2.12. The molecule has 0 aliphatic carbocycles. The quantitative estimate of drug-likeness (QED) is 0.876. The highest BCUT2D eigenvalue weighted by atomic mass is 35.5. The Labute approximate surface area is 108 Å². The fraction of sp³-hybridized carbons (Fsp3) is 0.167. The zero-order valence-corrected chi connectivity index (χ0v) is 10.6. The van der Waals surface area contributed by atoms with Gasteiger partial charge in [-0.15, -0.1) is 0 Å². The maximum absolute atomic E-state index is 11.9. The number of nitrogens with zero attached hydrogens (tertiary/aromatic N) is 1. The summed E-state index contributed by atoms with van der Waals surface area (Å²) in [7, 11) is 0. The first-order chi connectivity index (χ1) is 8.47. The molecule has 0 saturated heterocycles. The van der Waals surface area contributed by atoms with Gasteiger partial charge in [-0.05, 0) is 19.1 Å². The number of phenolic OH excluding ortho intramolecular Hbond substituents is 1. The third-order valence-electron chi connectivity index (χ3n) is 2.31. The summed E-state index contributed by atoms with van der Waals surface area (Å²) in [5.74, 6) is 0.0632. The number of carbonyl (C=O) groups excluding carboxylic acids is 1. The number of aromatic nitrogens is 1. The van der Waals surface area contributed by atoms with Crippen molar-refractivity contribution in [1.29, 1.82) is 0 Å². The largest absolute Gasteiger partial charge is 0.506 e. The van der Waals surface area contributed by atoms with Crippen molar-refractivity contribution in [3.05, 3.63) is 40.6 Å². The number of hydrogen-bond donors (Lipinski definition) is 2. The van der Waals surface area contributed by atoms with E-state index in [4.69, 9.17) is 16.0 Å². The summed E-state index contributed by atoms with van der Waals surface area (Å²) in [6.07, 6.45) is 0. The van der Waals surface area contributed by atoms with Crippen LogP contribution in [0, 0.1) is 13.8 Å². The summed E-state index contributed by atoms with van der Waals surface area (Å²) < 4.78 is 5.19. The number of aromatic hydroxyl groups is 1. The molecule has 1 heterocycles. The van der Waals surface area contributed by atoms with E-state index >= 15 is 0 Å². The van der Waals surface area contributed by atoms with E-state index in [0.29, 0.717) is 17.3 Å². The minimum Gasteiger partial charge on any atom is -0.506 e. The molecule has 6 heteroatoms. The topological polar surface area (TPSA) is 75.4 Å². The van der Waals surface area contributed by atoms with Crippen LogP contribution >= 0.6 is 11.6 Å². The van der Waals surface area contributed by atoms with Crippen LogP contribution in [0.25, 0.3) is 0 Å². The highest BCUT2D eigenvalue weighted by Gasteiger charge is 2.16. The molecule has 0 atom stereocenters. The smallest absolute Gasteiger partial charge is 0.293 e. The number of aryl methyl sites for hydroxylation is 2. The van der Waals surface area contributed by atoms with E-state index in [2.05, 4.69) is 10.3 Å². The van der Waals surface area contributed by atoms with Crippen LogP contribution in [-0.4, -0.2) is 16.0 Å². The SMILES string of the molecule is Cc1nc(C)c(C(=O)Nc2ccc(Cl)c(O)c2)o1. The van der Waals surface area contributed by atoms with Crippen LogP contribution in [0.5, 0.6) is 5.75 Å². The average Bonchev–Trinajstić information content (AvgIpc) is 2.63. The van der Waals surface area contributed by atoms with Gasteiger partial charge in [0, 0.05) is 18.7 Å². The van der Waals surface area contributed by atoms with Gasteiger partial charge in [-0.25, -0.2) is 4.98 Å². The molecule has 2 rings (SSSR count). The van der Waals surface area contributed by atoms with Crippen molar-refractivity contribution >= 4 is 23.2 Å². The van der Waals surface area contributed by atoms with Crippen molar-refractivity contribution in [3.63, 3.8) is 0 Å². The number of amides is 1. The summed E-state index contributed by atoms with van der Waals surface area (Å²) in [5, 5.41) is 12.2. The Kier molecular flexibility index (Phi) is 3.25. The molecule has 0 radical (unpaired) electrons. The predicted octanol–water partition coefficient (Wildman–Crippen LogP) is 2.90. The van der Waals surface area contributed by atoms with Crippen LogP contribution in [0.15, 0.2) is 22.6 Å². The fourth-order valence-electron chi connectivity index (χ4n) is 1.52. The van der Waals surface area contributed by atoms with Gasteiger partial charge < -0.3 is 14.8 Å². The Morgan fingerprint density at radius 3 is 2.72 bits per heavy atom. The maximum atomic E-state index is 11.9. The van der Waals surface area contributed by atoms with E-state index in [-0.39, 0.29) is 16.5 Å². The van der Waals surface area contributed by atoms with Crippen LogP contribution in [0.4, 0.5) is 5.69 Å². The molecule has 1 aromatic carbocycles. The molecule has 0 spiro atoms. The molecular weight excluding hydrogens is 256 g/mol. The summed E-state index contributed by atoms with van der Waals surface area (Å²) >= 11 is 5.67. The molecule has 2 aromatic rings. The summed E-state index contributed by atoms with van der Waals surface area (Å²) in [5.41, 5.74) is 0.943. The molecule has 1 aromatic heterocycles. The number of benzene rings is 1. The van der Waals surface area contributed by atoms with Gasteiger partial charge >= 0.3 is 0 Å². The summed E-state index contributed by atoms with van der Waals surface area (Å²) in [6, 6.07) is 4.43. The fourth-order valence-corrected chi connectivity index (χ4v) is 1.64. The van der Waals surface area contributed by atoms with Gasteiger partial charge in [0.2, 0.25) is 5.76 Å². The maximum Gasteiger partial charge on any atom is 0.293 e. The number of halogens is 1. The molecule has 0 aliphatic rings. The van der Waals surface area contributed by atoms with Crippen molar-refractivity contribution in [3.8, 4) is 5.75 Å². The third-order valence-corrected chi connectivity index (χ3v) is 2.63. The molecular formula is C12H11ClN2O3. The van der Waals surface area contributed by atoms with Crippen molar-refractivity contribution in [2.75, 3.05) is 5.32 Å². The first-order valence-corrected chi connectivity index (χ1v) is 5.59. The van der Waals surface area contributed by atoms with E-state index in [0.717, 1.165) is 0 Å². The van der Waals surface area contributed by atoms with E-state index in [9.17, 15) is 9.90 Å². The second-order valence-corrected chi connectivity index (χ2v) is 4.17. The van der Waals surface area contributed by atoms with Gasteiger partial charge in [0.15, 0.2) is 5.89 Å². The monoisotopic (exact) mass is 266 g/mol. The molecule has 0 fully saturated rings. The Hall–Kier alpha value is -2.01. The number of phenols is 1. The Balaban J connectivity index is 2.21. The Morgan fingerprint density at radius 2 is 2.17 bits per heavy atom. The number of nitrogens with one attached hydrogen (secondary N) is 1. The standard InChI is InChI=1S/C12H11ClN2O3/c1-6-11(18-7(2)14-6)12(17)15-8-3-4-9(13)10(16)5-8/h3-5,16H,1-2H3,(H,15,17).